The summed E-state index contributed by atoms with van der Waals surface area (Å²) >= 11 is 0. The van der Waals surface area contributed by atoms with Crippen LogP contribution in [0.1, 0.15) is 18.5 Å². The van der Waals surface area contributed by atoms with Crippen LogP contribution in [0.2, 0.25) is 0 Å². The second kappa shape index (κ2) is 7.81. The number of nitrogens with two attached hydrogens (primary N) is 1. The van der Waals surface area contributed by atoms with Crippen molar-refractivity contribution in [3.63, 3.8) is 0 Å². The fourth-order valence-electron chi connectivity index (χ4n) is 1.73. The minimum Gasteiger partial charge on any atom is -0.493 e. The molecule has 0 radical (unpaired) electrons. The van der Waals surface area contributed by atoms with Crippen LogP contribution in [0.25, 0.3) is 0 Å². The molecule has 0 aliphatic rings. The maximum absolute atomic E-state index is 12.4. The number of hydrogen-bond acceptors (Lipinski definition) is 4. The van der Waals surface area contributed by atoms with Gasteiger partial charge >= 0.3 is 6.61 Å². The number of alkyl halides is 2. The Balaban J connectivity index is 2.95. The van der Waals surface area contributed by atoms with Gasteiger partial charge in [-0.05, 0) is 24.6 Å². The van der Waals surface area contributed by atoms with E-state index in [1.165, 1.54) is 13.2 Å². The summed E-state index contributed by atoms with van der Waals surface area (Å²) in [6, 6.07) is 4.68. The number of ether oxygens (including phenoxy) is 2. The van der Waals surface area contributed by atoms with Gasteiger partial charge in [-0.3, -0.25) is 0 Å². The van der Waals surface area contributed by atoms with Gasteiger partial charge in [0.25, 0.3) is 0 Å². The first-order chi connectivity index (χ1) is 9.47. The quantitative estimate of drug-likeness (QED) is 0.721. The molecule has 3 N–H and O–H groups in total. The van der Waals surface area contributed by atoms with Gasteiger partial charge in [0.05, 0.1) is 7.11 Å². The van der Waals surface area contributed by atoms with Gasteiger partial charge in [-0.25, -0.2) is 0 Å². The number of halogens is 2. The van der Waals surface area contributed by atoms with Crippen molar-refractivity contribution in [2.75, 3.05) is 20.2 Å². The first kappa shape index (κ1) is 16.4. The van der Waals surface area contributed by atoms with Gasteiger partial charge in [0.2, 0.25) is 0 Å². The largest absolute Gasteiger partial charge is 0.493 e. The Morgan fingerprint density at radius 2 is 2.10 bits per heavy atom. The van der Waals surface area contributed by atoms with E-state index in [2.05, 4.69) is 16.6 Å². The van der Waals surface area contributed by atoms with Crippen molar-refractivity contribution in [1.29, 1.82) is 0 Å². The fraction of sp³-hybridized carbons (Fsp3) is 0.429. The van der Waals surface area contributed by atoms with Crippen molar-refractivity contribution in [2.45, 2.75) is 19.6 Å². The summed E-state index contributed by atoms with van der Waals surface area (Å²) in [5.74, 6) is 0.250. The summed E-state index contributed by atoms with van der Waals surface area (Å²) in [5.41, 5.74) is 7.41. The number of nitrogens with one attached hydrogen (secondary N) is 1. The van der Waals surface area contributed by atoms with Crippen molar-refractivity contribution < 1.29 is 18.3 Å². The summed E-state index contributed by atoms with van der Waals surface area (Å²) in [4.78, 5) is 0. The molecular formula is C14H20F2N2O2. The Kier molecular flexibility index (Phi) is 6.41. The number of benzene rings is 1. The van der Waals surface area contributed by atoms with Crippen molar-refractivity contribution in [1.82, 2.24) is 5.32 Å². The lowest BCUT2D eigenvalue weighted by atomic mass is 10.1. The molecule has 1 atom stereocenters. The second-order valence-corrected chi connectivity index (χ2v) is 4.42. The predicted octanol–water partition coefficient (Wildman–Crippen LogP) is 2.46. The third-order valence-corrected chi connectivity index (χ3v) is 2.69. The van der Waals surface area contributed by atoms with Gasteiger partial charge in [-0.2, -0.15) is 8.78 Å². The van der Waals surface area contributed by atoms with Crippen LogP contribution in [0.5, 0.6) is 11.5 Å². The highest BCUT2D eigenvalue weighted by Crippen LogP contribution is 2.31. The molecule has 0 heterocycles. The van der Waals surface area contributed by atoms with E-state index in [0.717, 1.165) is 11.1 Å². The molecule has 112 valence electrons. The Morgan fingerprint density at radius 3 is 2.60 bits per heavy atom. The molecule has 1 aromatic rings. The van der Waals surface area contributed by atoms with Crippen LogP contribution in [0.15, 0.2) is 30.4 Å². The minimum atomic E-state index is -2.90. The normalized spacial score (nSPS) is 12.3. The molecule has 0 aliphatic carbocycles. The highest BCUT2D eigenvalue weighted by atomic mass is 19.3. The van der Waals surface area contributed by atoms with E-state index in [1.54, 1.807) is 12.1 Å². The Labute approximate surface area is 117 Å². The lowest BCUT2D eigenvalue weighted by Crippen LogP contribution is -2.29. The average molecular weight is 286 g/mol. The van der Waals surface area contributed by atoms with Crippen LogP contribution in [-0.4, -0.2) is 26.8 Å². The third-order valence-electron chi connectivity index (χ3n) is 2.69. The molecule has 0 fully saturated rings. The van der Waals surface area contributed by atoms with E-state index in [9.17, 15) is 8.78 Å². The van der Waals surface area contributed by atoms with Gasteiger partial charge in [0.1, 0.15) is 0 Å². The predicted molar refractivity (Wildman–Crippen MR) is 74.2 cm³/mol. The molecule has 1 unspecified atom stereocenters. The molecule has 0 saturated carbocycles. The molecule has 1 aromatic carbocycles. The summed E-state index contributed by atoms with van der Waals surface area (Å²) in [6.45, 7) is 3.70. The Hall–Kier alpha value is -1.66. The summed E-state index contributed by atoms with van der Waals surface area (Å²) in [7, 11) is 1.40. The zero-order valence-corrected chi connectivity index (χ0v) is 11.7. The van der Waals surface area contributed by atoms with Crippen LogP contribution in [0, 0.1) is 0 Å². The van der Waals surface area contributed by atoms with Crippen molar-refractivity contribution in [3.8, 4) is 11.5 Å². The second-order valence-electron chi connectivity index (χ2n) is 4.42. The van der Waals surface area contributed by atoms with Crippen molar-refractivity contribution >= 4 is 0 Å². The molecule has 1 rings (SSSR count). The van der Waals surface area contributed by atoms with Gasteiger partial charge in [0, 0.05) is 19.1 Å². The molecule has 4 nitrogen and oxygen atoms in total. The van der Waals surface area contributed by atoms with E-state index >= 15 is 0 Å². The highest BCUT2D eigenvalue weighted by molar-refractivity contribution is 5.44. The van der Waals surface area contributed by atoms with Crippen LogP contribution < -0.4 is 20.5 Å². The van der Waals surface area contributed by atoms with Crippen molar-refractivity contribution in [3.05, 3.63) is 35.9 Å². The summed E-state index contributed by atoms with van der Waals surface area (Å²) in [5, 5.41) is 3.19. The van der Waals surface area contributed by atoms with Gasteiger partial charge in [0.15, 0.2) is 11.5 Å². The van der Waals surface area contributed by atoms with E-state index in [1.807, 2.05) is 6.92 Å². The lowest BCUT2D eigenvalue weighted by molar-refractivity contribution is -0.0512. The fourth-order valence-corrected chi connectivity index (χ4v) is 1.73. The summed E-state index contributed by atoms with van der Waals surface area (Å²) in [6.07, 6.45) is 0. The molecule has 20 heavy (non-hydrogen) atoms. The first-order valence-electron chi connectivity index (χ1n) is 6.18. The molecule has 0 aliphatic heterocycles. The third kappa shape index (κ3) is 4.79. The van der Waals surface area contributed by atoms with Crippen molar-refractivity contribution in [2.24, 2.45) is 5.73 Å². The molecule has 0 spiro atoms. The standard InChI is InChI=1S/C14H20F2N2O2/c1-9(2)8-18-11(7-17)10-4-5-12(19-3)13(6-10)20-14(15)16/h4-6,11,14,18H,1,7-8,17H2,2-3H3. The van der Waals surface area contributed by atoms with E-state index < -0.39 is 6.61 Å². The van der Waals surface area contributed by atoms with Crippen LogP contribution in [0.4, 0.5) is 8.78 Å². The van der Waals surface area contributed by atoms with E-state index in [4.69, 9.17) is 10.5 Å². The van der Waals surface area contributed by atoms with Crippen LogP contribution >= 0.6 is 0 Å². The molecular weight excluding hydrogens is 266 g/mol. The number of methoxy groups -OCH3 is 1. The minimum absolute atomic E-state index is 0.00410. The zero-order chi connectivity index (χ0) is 15.1. The Bertz CT molecular complexity index is 453. The maximum Gasteiger partial charge on any atom is 0.387 e. The maximum atomic E-state index is 12.4. The molecule has 0 aromatic heterocycles. The van der Waals surface area contributed by atoms with E-state index in [-0.39, 0.29) is 17.5 Å². The smallest absolute Gasteiger partial charge is 0.387 e. The average Bonchev–Trinajstić information content (AvgIpc) is 2.38. The molecule has 0 amide bonds. The number of rotatable bonds is 8. The Morgan fingerprint density at radius 1 is 1.40 bits per heavy atom. The van der Waals surface area contributed by atoms with Crippen LogP contribution in [0.3, 0.4) is 0 Å². The first-order valence-corrected chi connectivity index (χ1v) is 6.18. The van der Waals surface area contributed by atoms with Gasteiger partial charge in [-0.1, -0.05) is 18.2 Å². The highest BCUT2D eigenvalue weighted by Gasteiger charge is 2.15. The topological polar surface area (TPSA) is 56.5 Å². The number of hydrogen-bond donors (Lipinski definition) is 2. The molecule has 0 saturated heterocycles. The molecule has 6 heteroatoms. The SMILES string of the molecule is C=C(C)CNC(CN)c1ccc(OC)c(OC(F)F)c1. The van der Waals surface area contributed by atoms with Gasteiger partial charge < -0.3 is 20.5 Å². The van der Waals surface area contributed by atoms with Crippen LogP contribution in [-0.2, 0) is 0 Å². The monoisotopic (exact) mass is 286 g/mol. The van der Waals surface area contributed by atoms with E-state index in [0.29, 0.717) is 13.1 Å². The summed E-state index contributed by atoms with van der Waals surface area (Å²) < 4.78 is 34.2. The zero-order valence-electron chi connectivity index (χ0n) is 11.7. The molecule has 0 bridgehead atoms. The van der Waals surface area contributed by atoms with Gasteiger partial charge in [-0.15, -0.1) is 0 Å². The lowest BCUT2D eigenvalue weighted by Gasteiger charge is -2.19.